The first kappa shape index (κ1) is 10.6. The highest BCUT2D eigenvalue weighted by Gasteiger charge is 2.10. The Kier molecular flexibility index (Phi) is 4.29. The van der Waals surface area contributed by atoms with E-state index in [1.54, 1.807) is 0 Å². The summed E-state index contributed by atoms with van der Waals surface area (Å²) in [6.07, 6.45) is 0.0751. The van der Waals surface area contributed by atoms with Crippen LogP contribution in [0.5, 0.6) is 0 Å². The number of sulfone groups is 1. The third-order valence-corrected chi connectivity index (χ3v) is 2.48. The van der Waals surface area contributed by atoms with Crippen molar-refractivity contribution in [3.05, 3.63) is 0 Å². The highest BCUT2D eigenvalue weighted by atomic mass is 32.2. The van der Waals surface area contributed by atoms with E-state index in [9.17, 15) is 13.2 Å². The van der Waals surface area contributed by atoms with E-state index in [1.165, 1.54) is 14.0 Å². The molecule has 0 amide bonds. The lowest BCUT2D eigenvalue weighted by atomic mass is 10.4. The fraction of sp³-hybridized carbons (Fsp3) is 0.833. The molecular weight excluding hydrogens is 168 g/mol. The first-order valence-corrected chi connectivity index (χ1v) is 4.99. The van der Waals surface area contributed by atoms with E-state index in [2.05, 4.69) is 4.74 Å². The maximum atomic E-state index is 10.9. The zero-order valence-electron chi connectivity index (χ0n) is 6.66. The van der Waals surface area contributed by atoms with Gasteiger partial charge in [0.15, 0.2) is 9.84 Å². The van der Waals surface area contributed by atoms with Crippen LogP contribution in [0.4, 0.5) is 0 Å². The average molecular weight is 180 g/mol. The Bertz CT molecular complexity index is 217. The van der Waals surface area contributed by atoms with Crippen LogP contribution in [0.25, 0.3) is 0 Å². The van der Waals surface area contributed by atoms with Crippen LogP contribution in [0.3, 0.4) is 0 Å². The molecule has 0 heterocycles. The minimum Gasteiger partial charge on any atom is -0.369 e. The van der Waals surface area contributed by atoms with Crippen molar-refractivity contribution in [2.75, 3.05) is 18.8 Å². The summed E-state index contributed by atoms with van der Waals surface area (Å²) < 4.78 is 26.2. The Morgan fingerprint density at radius 2 is 2.00 bits per heavy atom. The molecule has 0 saturated carbocycles. The van der Waals surface area contributed by atoms with Gasteiger partial charge in [-0.05, 0) is 6.92 Å². The van der Waals surface area contributed by atoms with Gasteiger partial charge in [0.05, 0.1) is 5.75 Å². The second-order valence-electron chi connectivity index (χ2n) is 2.31. The largest absolute Gasteiger partial charge is 0.369 e. The minimum absolute atomic E-state index is 0.0751. The van der Waals surface area contributed by atoms with E-state index < -0.39 is 9.84 Å². The molecule has 0 aromatic rings. The van der Waals surface area contributed by atoms with Crippen molar-refractivity contribution in [3.8, 4) is 0 Å². The van der Waals surface area contributed by atoms with E-state index in [4.69, 9.17) is 0 Å². The van der Waals surface area contributed by atoms with Gasteiger partial charge in [-0.2, -0.15) is 0 Å². The number of ether oxygens (including phenoxy) is 1. The monoisotopic (exact) mass is 180 g/mol. The topological polar surface area (TPSA) is 60.4 Å². The summed E-state index contributed by atoms with van der Waals surface area (Å²) in [7, 11) is -1.86. The summed E-state index contributed by atoms with van der Waals surface area (Å²) in [5.41, 5.74) is 0. The first-order chi connectivity index (χ1) is 4.98. The average Bonchev–Trinajstić information content (AvgIpc) is 1.84. The van der Waals surface area contributed by atoms with Crippen LogP contribution in [0.2, 0.25) is 0 Å². The Hall–Kier alpha value is -0.420. The quantitative estimate of drug-likeness (QED) is 0.596. The predicted molar refractivity (Wildman–Crippen MR) is 41.0 cm³/mol. The van der Waals surface area contributed by atoms with Gasteiger partial charge in [-0.3, -0.25) is 4.79 Å². The molecule has 0 aromatic heterocycles. The fourth-order valence-electron chi connectivity index (χ4n) is 0.538. The van der Waals surface area contributed by atoms with Crippen LogP contribution in [0, 0.1) is 0 Å². The first-order valence-electron chi connectivity index (χ1n) is 3.17. The molecule has 0 radical (unpaired) electrons. The predicted octanol–water partition coefficient (Wildman–Crippen LogP) is -0.0158. The highest BCUT2D eigenvalue weighted by molar-refractivity contribution is 7.91. The highest BCUT2D eigenvalue weighted by Crippen LogP contribution is 1.94. The third kappa shape index (κ3) is 6.00. The van der Waals surface area contributed by atoms with Crippen molar-refractivity contribution in [1.82, 2.24) is 0 Å². The van der Waals surface area contributed by atoms with Gasteiger partial charge in [0.1, 0.15) is 11.7 Å². The van der Waals surface area contributed by atoms with Crippen molar-refractivity contribution < 1.29 is 17.9 Å². The number of Topliss-reactive ketones (excluding diaryl/α,β-unsaturated/α-hetero) is 1. The molecule has 0 fully saturated rings. The third-order valence-electron chi connectivity index (χ3n) is 1.06. The molecule has 0 N–H and O–H groups in total. The van der Waals surface area contributed by atoms with Crippen LogP contribution < -0.4 is 0 Å². The van der Waals surface area contributed by atoms with Crippen molar-refractivity contribution in [2.24, 2.45) is 0 Å². The fourth-order valence-corrected chi connectivity index (χ4v) is 1.61. The molecule has 66 valence electrons. The van der Waals surface area contributed by atoms with E-state index in [1.807, 2.05) is 0 Å². The number of hydrogen-bond donors (Lipinski definition) is 0. The smallest absolute Gasteiger partial charge is 0.174 e. The van der Waals surface area contributed by atoms with Gasteiger partial charge in [-0.25, -0.2) is 8.42 Å². The Balaban J connectivity index is 3.84. The normalized spacial score (nSPS) is 11.5. The number of carbonyl (C=O) groups excluding carboxylic acids is 1. The molecule has 4 nitrogen and oxygen atoms in total. The van der Waals surface area contributed by atoms with Crippen LogP contribution in [-0.2, 0) is 19.4 Å². The van der Waals surface area contributed by atoms with Crippen molar-refractivity contribution in [1.29, 1.82) is 0 Å². The molecule has 11 heavy (non-hydrogen) atoms. The number of carbonyl (C=O) groups is 1. The van der Waals surface area contributed by atoms with Gasteiger partial charge >= 0.3 is 0 Å². The number of ketones is 1. The summed E-state index contributed by atoms with van der Waals surface area (Å²) in [5, 5.41) is 0. The standard InChI is InChI=1S/C6H12O4S/c1-6(7)3-4-11(8,9)5-10-2/h3-5H2,1-2H3. The van der Waals surface area contributed by atoms with Crippen molar-refractivity contribution in [2.45, 2.75) is 13.3 Å². The molecular formula is C6H12O4S. The summed E-state index contributed by atoms with van der Waals surface area (Å²) in [4.78, 5) is 10.4. The molecule has 0 atom stereocenters. The van der Waals surface area contributed by atoms with Gasteiger partial charge < -0.3 is 4.74 Å². The molecule has 0 aliphatic rings. The Morgan fingerprint density at radius 3 is 2.36 bits per heavy atom. The van der Waals surface area contributed by atoms with E-state index in [0.29, 0.717) is 0 Å². The summed E-state index contributed by atoms with van der Waals surface area (Å²) in [6.45, 7) is 1.36. The summed E-state index contributed by atoms with van der Waals surface area (Å²) >= 11 is 0. The van der Waals surface area contributed by atoms with Gasteiger partial charge in [-0.15, -0.1) is 0 Å². The minimum atomic E-state index is -3.17. The van der Waals surface area contributed by atoms with Crippen LogP contribution in [0.15, 0.2) is 0 Å². The zero-order valence-corrected chi connectivity index (χ0v) is 7.48. The Morgan fingerprint density at radius 1 is 1.45 bits per heavy atom. The van der Waals surface area contributed by atoms with Gasteiger partial charge in [-0.1, -0.05) is 0 Å². The Labute approximate surface area is 66.5 Å². The number of rotatable bonds is 5. The molecule has 0 unspecified atom stereocenters. The van der Waals surface area contributed by atoms with Crippen LogP contribution in [-0.4, -0.2) is 33.0 Å². The van der Waals surface area contributed by atoms with Crippen molar-refractivity contribution in [3.63, 3.8) is 0 Å². The maximum Gasteiger partial charge on any atom is 0.174 e. The second-order valence-corrected chi connectivity index (χ2v) is 4.44. The van der Waals surface area contributed by atoms with Crippen LogP contribution in [0.1, 0.15) is 13.3 Å². The van der Waals surface area contributed by atoms with E-state index in [0.717, 1.165) is 0 Å². The van der Waals surface area contributed by atoms with E-state index >= 15 is 0 Å². The molecule has 0 aliphatic carbocycles. The lowest BCUT2D eigenvalue weighted by molar-refractivity contribution is -0.116. The molecule has 0 bridgehead atoms. The van der Waals surface area contributed by atoms with Crippen LogP contribution >= 0.6 is 0 Å². The zero-order chi connectivity index (χ0) is 8.91. The van der Waals surface area contributed by atoms with E-state index in [-0.39, 0.29) is 23.9 Å². The molecule has 0 aromatic carbocycles. The molecule has 0 spiro atoms. The lowest BCUT2D eigenvalue weighted by Crippen LogP contribution is -2.14. The summed E-state index contributed by atoms with van der Waals surface area (Å²) in [6, 6.07) is 0. The molecule has 0 aliphatic heterocycles. The maximum absolute atomic E-state index is 10.9. The molecule has 0 rings (SSSR count). The number of methoxy groups -OCH3 is 1. The van der Waals surface area contributed by atoms with Gasteiger partial charge in [0.2, 0.25) is 0 Å². The molecule has 5 heteroatoms. The number of hydrogen-bond acceptors (Lipinski definition) is 4. The lowest BCUT2D eigenvalue weighted by Gasteiger charge is -1.99. The SMILES string of the molecule is COCS(=O)(=O)CCC(C)=O. The van der Waals surface area contributed by atoms with Gasteiger partial charge in [0, 0.05) is 13.5 Å². The van der Waals surface area contributed by atoms with Crippen molar-refractivity contribution >= 4 is 15.6 Å². The van der Waals surface area contributed by atoms with Gasteiger partial charge in [0.25, 0.3) is 0 Å². The second kappa shape index (κ2) is 4.46. The summed E-state index contributed by atoms with van der Waals surface area (Å²) in [5.74, 6) is -0.541. The molecule has 0 saturated heterocycles.